The van der Waals surface area contributed by atoms with Gasteiger partial charge in [0.15, 0.2) is 9.84 Å². The molecule has 1 rings (SSSR count). The Kier molecular flexibility index (Phi) is 4.82. The SMILES string of the molecule is C[CH][CH][CH][CH][CH]S(=O)(=O)c1ccccc1. The maximum atomic E-state index is 11.7. The third-order valence-corrected chi connectivity index (χ3v) is 3.19. The molecule has 1 aromatic carbocycles. The van der Waals surface area contributed by atoms with Crippen LogP contribution in [0.3, 0.4) is 0 Å². The van der Waals surface area contributed by atoms with Crippen LogP contribution in [0, 0.1) is 31.4 Å². The Morgan fingerprint density at radius 1 is 1.00 bits per heavy atom. The Balaban J connectivity index is 2.53. The predicted octanol–water partition coefficient (Wildman–Crippen LogP) is 2.46. The van der Waals surface area contributed by atoms with Gasteiger partial charge in [0.2, 0.25) is 0 Å². The summed E-state index contributed by atoms with van der Waals surface area (Å²) in [6, 6.07) is 8.35. The van der Waals surface area contributed by atoms with Gasteiger partial charge >= 0.3 is 0 Å². The van der Waals surface area contributed by atoms with E-state index in [1.165, 1.54) is 12.2 Å². The number of rotatable bonds is 6. The number of unbranched alkanes of at least 4 members (excludes halogenated alkanes) is 3. The van der Waals surface area contributed by atoms with E-state index in [4.69, 9.17) is 0 Å². The predicted molar refractivity (Wildman–Crippen MR) is 60.8 cm³/mol. The Bertz CT molecular complexity index is 368. The second kappa shape index (κ2) is 5.91. The van der Waals surface area contributed by atoms with E-state index in [1.807, 2.05) is 13.3 Å². The van der Waals surface area contributed by atoms with Gasteiger partial charge in [0.25, 0.3) is 0 Å². The lowest BCUT2D eigenvalue weighted by Crippen LogP contribution is -2.01. The van der Waals surface area contributed by atoms with Gasteiger partial charge in [-0.3, -0.25) is 0 Å². The van der Waals surface area contributed by atoms with E-state index in [-0.39, 0.29) is 0 Å². The minimum atomic E-state index is -3.29. The van der Waals surface area contributed by atoms with Crippen molar-refractivity contribution in [2.45, 2.75) is 11.8 Å². The molecule has 0 saturated carbocycles. The molecule has 0 aliphatic heterocycles. The van der Waals surface area contributed by atoms with E-state index in [2.05, 4.69) is 0 Å². The number of hydrogen-bond acceptors (Lipinski definition) is 2. The van der Waals surface area contributed by atoms with E-state index in [0.29, 0.717) is 4.90 Å². The Hall–Kier alpha value is -0.830. The van der Waals surface area contributed by atoms with Crippen molar-refractivity contribution >= 4 is 9.84 Å². The van der Waals surface area contributed by atoms with Crippen LogP contribution < -0.4 is 0 Å². The Morgan fingerprint density at radius 2 is 1.67 bits per heavy atom. The summed E-state index contributed by atoms with van der Waals surface area (Å²) in [4.78, 5) is 0.315. The molecule has 0 heterocycles. The molecule has 0 aromatic heterocycles. The topological polar surface area (TPSA) is 34.1 Å². The second-order valence-corrected chi connectivity index (χ2v) is 4.74. The first kappa shape index (κ1) is 12.2. The first-order chi connectivity index (χ1) is 7.17. The van der Waals surface area contributed by atoms with Gasteiger partial charge in [-0.2, -0.15) is 0 Å². The summed E-state index contributed by atoms with van der Waals surface area (Å²) in [6.07, 6.45) is 6.80. The summed E-state index contributed by atoms with van der Waals surface area (Å²) < 4.78 is 23.3. The molecule has 0 unspecified atom stereocenters. The summed E-state index contributed by atoms with van der Waals surface area (Å²) in [5, 5.41) is 0. The molecule has 0 aliphatic carbocycles. The van der Waals surface area contributed by atoms with Crippen molar-refractivity contribution in [1.82, 2.24) is 0 Å². The standard InChI is InChI=1S/C12H13O2S/c1-2-3-4-8-11-15(13,14)12-9-6-5-7-10-12/h2-11H,1H3. The molecule has 0 aliphatic rings. The fourth-order valence-corrected chi connectivity index (χ4v) is 2.00. The van der Waals surface area contributed by atoms with Gasteiger partial charge in [0.1, 0.15) is 0 Å². The van der Waals surface area contributed by atoms with Gasteiger partial charge in [0.05, 0.1) is 10.6 Å². The lowest BCUT2D eigenvalue weighted by atomic mass is 10.2. The van der Waals surface area contributed by atoms with Crippen LogP contribution in [-0.2, 0) is 9.84 Å². The molecule has 2 nitrogen and oxygen atoms in total. The molecule has 5 radical (unpaired) electrons. The normalized spacial score (nSPS) is 11.5. The van der Waals surface area contributed by atoms with Crippen molar-refractivity contribution in [3.05, 3.63) is 61.8 Å². The van der Waals surface area contributed by atoms with E-state index >= 15 is 0 Å². The minimum Gasteiger partial charge on any atom is -0.223 e. The fourth-order valence-electron chi connectivity index (χ4n) is 1.01. The smallest absolute Gasteiger partial charge is 0.182 e. The van der Waals surface area contributed by atoms with Crippen LogP contribution in [-0.4, -0.2) is 8.42 Å². The van der Waals surface area contributed by atoms with E-state index in [9.17, 15) is 8.42 Å². The summed E-state index contributed by atoms with van der Waals surface area (Å²) in [7, 11) is -3.29. The van der Waals surface area contributed by atoms with Crippen molar-refractivity contribution in [3.63, 3.8) is 0 Å². The van der Waals surface area contributed by atoms with Gasteiger partial charge < -0.3 is 0 Å². The van der Waals surface area contributed by atoms with Crippen molar-refractivity contribution < 1.29 is 8.42 Å². The highest BCUT2D eigenvalue weighted by Gasteiger charge is 2.13. The monoisotopic (exact) mass is 221 g/mol. The van der Waals surface area contributed by atoms with Gasteiger partial charge in [-0.25, -0.2) is 8.42 Å². The first-order valence-electron chi connectivity index (χ1n) is 4.59. The fraction of sp³-hybridized carbons (Fsp3) is 0.0833. The molecule has 0 N–H and O–H groups in total. The largest absolute Gasteiger partial charge is 0.223 e. The van der Waals surface area contributed by atoms with Gasteiger partial charge in [-0.05, 0) is 37.8 Å². The third kappa shape index (κ3) is 4.04. The van der Waals surface area contributed by atoms with E-state index < -0.39 is 9.84 Å². The molecular weight excluding hydrogens is 208 g/mol. The van der Waals surface area contributed by atoms with E-state index in [1.54, 1.807) is 43.2 Å². The molecular formula is C12H13O2S. The van der Waals surface area contributed by atoms with Crippen LogP contribution in [0.5, 0.6) is 0 Å². The summed E-state index contributed by atoms with van der Waals surface area (Å²) in [5.41, 5.74) is 0. The molecule has 0 spiro atoms. The molecule has 0 atom stereocenters. The van der Waals surface area contributed by atoms with Crippen LogP contribution in [0.1, 0.15) is 6.92 Å². The van der Waals surface area contributed by atoms with Crippen LogP contribution in [0.15, 0.2) is 35.2 Å². The first-order valence-corrected chi connectivity index (χ1v) is 6.14. The average molecular weight is 221 g/mol. The van der Waals surface area contributed by atoms with Crippen molar-refractivity contribution in [1.29, 1.82) is 0 Å². The molecule has 0 fully saturated rings. The van der Waals surface area contributed by atoms with Crippen LogP contribution in [0.4, 0.5) is 0 Å². The van der Waals surface area contributed by atoms with Crippen molar-refractivity contribution in [2.24, 2.45) is 0 Å². The average Bonchev–Trinajstić information content (AvgIpc) is 2.26. The molecule has 3 heteroatoms. The lowest BCUT2D eigenvalue weighted by Gasteiger charge is -2.02. The molecule has 0 bridgehead atoms. The van der Waals surface area contributed by atoms with Gasteiger partial charge in [0, 0.05) is 0 Å². The molecule has 0 saturated heterocycles. The van der Waals surface area contributed by atoms with Crippen LogP contribution in [0.2, 0.25) is 0 Å². The zero-order valence-electron chi connectivity index (χ0n) is 8.50. The molecule has 79 valence electrons. The highest BCUT2D eigenvalue weighted by atomic mass is 32.2. The number of hydrogen-bond donors (Lipinski definition) is 0. The van der Waals surface area contributed by atoms with E-state index in [0.717, 1.165) is 0 Å². The van der Waals surface area contributed by atoms with Crippen molar-refractivity contribution in [2.75, 3.05) is 0 Å². The van der Waals surface area contributed by atoms with Gasteiger partial charge in [-0.1, -0.05) is 25.1 Å². The zero-order chi connectivity index (χ0) is 11.1. The van der Waals surface area contributed by atoms with Crippen LogP contribution in [0.25, 0.3) is 0 Å². The Morgan fingerprint density at radius 3 is 2.27 bits per heavy atom. The highest BCUT2D eigenvalue weighted by Crippen LogP contribution is 2.15. The maximum absolute atomic E-state index is 11.7. The van der Waals surface area contributed by atoms with Gasteiger partial charge in [-0.15, -0.1) is 0 Å². The quantitative estimate of drug-likeness (QED) is 0.691. The second-order valence-electron chi connectivity index (χ2n) is 2.90. The Labute approximate surface area is 92.2 Å². The lowest BCUT2D eigenvalue weighted by molar-refractivity contribution is 0.602. The third-order valence-electron chi connectivity index (χ3n) is 1.74. The minimum absolute atomic E-state index is 0.315. The molecule has 15 heavy (non-hydrogen) atoms. The number of sulfone groups is 1. The molecule has 1 aromatic rings. The highest BCUT2D eigenvalue weighted by molar-refractivity contribution is 7.93. The van der Waals surface area contributed by atoms with Crippen LogP contribution >= 0.6 is 0 Å². The number of benzene rings is 1. The maximum Gasteiger partial charge on any atom is 0.182 e. The van der Waals surface area contributed by atoms with Crippen molar-refractivity contribution in [3.8, 4) is 0 Å². The summed E-state index contributed by atoms with van der Waals surface area (Å²) in [6.45, 7) is 1.87. The summed E-state index contributed by atoms with van der Waals surface area (Å²) >= 11 is 0. The zero-order valence-corrected chi connectivity index (χ0v) is 9.31. The molecule has 0 amide bonds. The summed E-state index contributed by atoms with van der Waals surface area (Å²) in [5.74, 6) is 1.20.